The number of nitrogens with two attached hydrogens (primary N) is 1. The Hall–Kier alpha value is -2.38. The number of hydrogen-bond donors (Lipinski definition) is 3. The standard InChI is InChI=1S/C18H23N3O3S/c1-3-25(23,24)21-17-10-9-15(11-13(17)2)20-18(22)12-16(19)14-7-5-4-6-8-14/h4-11,16,21H,3,12,19H2,1-2H3,(H,20,22). The number of rotatable bonds is 7. The van der Waals surface area contributed by atoms with Gasteiger partial charge < -0.3 is 11.1 Å². The van der Waals surface area contributed by atoms with Crippen molar-refractivity contribution in [1.29, 1.82) is 0 Å². The van der Waals surface area contributed by atoms with Crippen molar-refractivity contribution in [3.63, 3.8) is 0 Å². The number of benzene rings is 2. The lowest BCUT2D eigenvalue weighted by Crippen LogP contribution is -2.20. The Morgan fingerprint density at radius 3 is 2.44 bits per heavy atom. The third-order valence-corrected chi connectivity index (χ3v) is 5.08. The highest BCUT2D eigenvalue weighted by atomic mass is 32.2. The van der Waals surface area contributed by atoms with E-state index >= 15 is 0 Å². The van der Waals surface area contributed by atoms with Crippen LogP contribution < -0.4 is 15.8 Å². The van der Waals surface area contributed by atoms with Crippen molar-refractivity contribution in [2.75, 3.05) is 15.8 Å². The maximum atomic E-state index is 12.2. The van der Waals surface area contributed by atoms with Crippen molar-refractivity contribution in [2.45, 2.75) is 26.3 Å². The lowest BCUT2D eigenvalue weighted by atomic mass is 10.0. The molecule has 2 aromatic rings. The first-order chi connectivity index (χ1) is 11.8. The maximum Gasteiger partial charge on any atom is 0.232 e. The van der Waals surface area contributed by atoms with Crippen LogP contribution in [0.4, 0.5) is 11.4 Å². The van der Waals surface area contributed by atoms with Crippen LogP contribution in [0, 0.1) is 6.92 Å². The number of amides is 1. The molecular formula is C18H23N3O3S. The van der Waals surface area contributed by atoms with Crippen LogP contribution in [0.15, 0.2) is 48.5 Å². The SMILES string of the molecule is CCS(=O)(=O)Nc1ccc(NC(=O)CC(N)c2ccccc2)cc1C. The average molecular weight is 361 g/mol. The average Bonchev–Trinajstić information content (AvgIpc) is 2.58. The Bertz CT molecular complexity index is 836. The zero-order valence-corrected chi connectivity index (χ0v) is 15.1. The van der Waals surface area contributed by atoms with Crippen LogP contribution in [0.2, 0.25) is 0 Å². The van der Waals surface area contributed by atoms with E-state index in [1.807, 2.05) is 30.3 Å². The van der Waals surface area contributed by atoms with Crippen molar-refractivity contribution in [2.24, 2.45) is 5.73 Å². The van der Waals surface area contributed by atoms with Crippen molar-refractivity contribution < 1.29 is 13.2 Å². The lowest BCUT2D eigenvalue weighted by Gasteiger charge is -2.14. The third kappa shape index (κ3) is 5.58. The minimum atomic E-state index is -3.33. The van der Waals surface area contributed by atoms with Crippen LogP contribution in [0.3, 0.4) is 0 Å². The normalized spacial score (nSPS) is 12.4. The molecule has 2 aromatic carbocycles. The first-order valence-corrected chi connectivity index (χ1v) is 9.67. The molecular weight excluding hydrogens is 338 g/mol. The summed E-state index contributed by atoms with van der Waals surface area (Å²) in [6.45, 7) is 3.35. The molecule has 134 valence electrons. The van der Waals surface area contributed by atoms with Crippen LogP contribution in [-0.4, -0.2) is 20.1 Å². The molecule has 1 unspecified atom stereocenters. The molecule has 2 rings (SSSR count). The van der Waals surface area contributed by atoms with E-state index in [4.69, 9.17) is 5.73 Å². The van der Waals surface area contributed by atoms with Crippen molar-refractivity contribution >= 4 is 27.3 Å². The number of nitrogens with one attached hydrogen (secondary N) is 2. The second kappa shape index (κ2) is 8.13. The topological polar surface area (TPSA) is 101 Å². The van der Waals surface area contributed by atoms with Crippen LogP contribution in [0.5, 0.6) is 0 Å². The van der Waals surface area contributed by atoms with Gasteiger partial charge >= 0.3 is 0 Å². The van der Waals surface area contributed by atoms with Gasteiger partial charge in [-0.2, -0.15) is 0 Å². The van der Waals surface area contributed by atoms with Gasteiger partial charge in [0.05, 0.1) is 11.4 Å². The smallest absolute Gasteiger partial charge is 0.232 e. The first kappa shape index (κ1) is 19.0. The zero-order chi connectivity index (χ0) is 18.4. The molecule has 0 aliphatic rings. The molecule has 0 aliphatic heterocycles. The summed E-state index contributed by atoms with van der Waals surface area (Å²) < 4.78 is 25.8. The van der Waals surface area contributed by atoms with Gasteiger partial charge in [-0.25, -0.2) is 8.42 Å². The highest BCUT2D eigenvalue weighted by Gasteiger charge is 2.13. The molecule has 0 spiro atoms. The van der Waals surface area contributed by atoms with E-state index in [1.165, 1.54) is 0 Å². The van der Waals surface area contributed by atoms with Crippen molar-refractivity contribution in [1.82, 2.24) is 0 Å². The Labute approximate surface area is 148 Å². The Morgan fingerprint density at radius 1 is 1.16 bits per heavy atom. The van der Waals surface area contributed by atoms with E-state index in [-0.39, 0.29) is 24.1 Å². The summed E-state index contributed by atoms with van der Waals surface area (Å²) in [5, 5.41) is 2.79. The molecule has 0 saturated heterocycles. The van der Waals surface area contributed by atoms with Gasteiger partial charge in [0.2, 0.25) is 15.9 Å². The largest absolute Gasteiger partial charge is 0.326 e. The highest BCUT2D eigenvalue weighted by molar-refractivity contribution is 7.92. The predicted molar refractivity (Wildman–Crippen MR) is 101 cm³/mol. The predicted octanol–water partition coefficient (Wildman–Crippen LogP) is 2.79. The van der Waals surface area contributed by atoms with E-state index in [0.717, 1.165) is 11.1 Å². The minimum absolute atomic E-state index is 0.00228. The van der Waals surface area contributed by atoms with Crippen LogP contribution in [-0.2, 0) is 14.8 Å². The quantitative estimate of drug-likeness (QED) is 0.706. The number of carbonyl (C=O) groups excluding carboxylic acids is 1. The fourth-order valence-electron chi connectivity index (χ4n) is 2.33. The summed E-state index contributed by atoms with van der Waals surface area (Å²) in [5.74, 6) is -0.194. The summed E-state index contributed by atoms with van der Waals surface area (Å²) in [5.41, 5.74) is 8.78. The maximum absolute atomic E-state index is 12.2. The van der Waals surface area contributed by atoms with Crippen molar-refractivity contribution in [3.8, 4) is 0 Å². The fourth-order valence-corrected chi connectivity index (χ4v) is 3.03. The van der Waals surface area contributed by atoms with Gasteiger partial charge in [0, 0.05) is 18.2 Å². The van der Waals surface area contributed by atoms with Gasteiger partial charge in [-0.1, -0.05) is 30.3 Å². The molecule has 0 fully saturated rings. The Kier molecular flexibility index (Phi) is 6.17. The number of carbonyl (C=O) groups is 1. The molecule has 0 aromatic heterocycles. The van der Waals surface area contributed by atoms with Gasteiger partial charge in [-0.15, -0.1) is 0 Å². The molecule has 0 bridgehead atoms. The second-order valence-electron chi connectivity index (χ2n) is 5.80. The summed E-state index contributed by atoms with van der Waals surface area (Å²) in [4.78, 5) is 12.2. The first-order valence-electron chi connectivity index (χ1n) is 8.02. The fraction of sp³-hybridized carbons (Fsp3) is 0.278. The zero-order valence-electron chi connectivity index (χ0n) is 14.3. The molecule has 7 heteroatoms. The van der Waals surface area contributed by atoms with Crippen LogP contribution in [0.1, 0.15) is 30.5 Å². The number of sulfonamides is 1. The molecule has 6 nitrogen and oxygen atoms in total. The van der Waals surface area contributed by atoms with Crippen molar-refractivity contribution in [3.05, 3.63) is 59.7 Å². The number of aryl methyl sites for hydroxylation is 1. The van der Waals surface area contributed by atoms with Gasteiger partial charge in [0.1, 0.15) is 0 Å². The summed E-state index contributed by atoms with van der Waals surface area (Å²) >= 11 is 0. The van der Waals surface area contributed by atoms with Crippen LogP contribution >= 0.6 is 0 Å². The van der Waals surface area contributed by atoms with E-state index in [1.54, 1.807) is 32.0 Å². The molecule has 1 amide bonds. The van der Waals surface area contributed by atoms with E-state index in [2.05, 4.69) is 10.0 Å². The van der Waals surface area contributed by atoms with E-state index in [9.17, 15) is 13.2 Å². The molecule has 1 atom stereocenters. The number of anilines is 2. The van der Waals surface area contributed by atoms with Gasteiger partial charge in [0.15, 0.2) is 0 Å². The summed E-state index contributed by atoms with van der Waals surface area (Å²) in [6.07, 6.45) is 0.160. The van der Waals surface area contributed by atoms with E-state index < -0.39 is 10.0 Å². The van der Waals surface area contributed by atoms with Gasteiger partial charge in [-0.05, 0) is 43.2 Å². The molecule has 25 heavy (non-hydrogen) atoms. The van der Waals surface area contributed by atoms with Crippen LogP contribution in [0.25, 0.3) is 0 Å². The highest BCUT2D eigenvalue weighted by Crippen LogP contribution is 2.22. The third-order valence-electron chi connectivity index (χ3n) is 3.79. The monoisotopic (exact) mass is 361 g/mol. The minimum Gasteiger partial charge on any atom is -0.326 e. The molecule has 0 radical (unpaired) electrons. The molecule has 0 aliphatic carbocycles. The summed E-state index contributed by atoms with van der Waals surface area (Å²) in [7, 11) is -3.33. The van der Waals surface area contributed by atoms with Gasteiger partial charge in [0.25, 0.3) is 0 Å². The lowest BCUT2D eigenvalue weighted by molar-refractivity contribution is -0.116. The number of hydrogen-bond acceptors (Lipinski definition) is 4. The molecule has 0 saturated carbocycles. The second-order valence-corrected chi connectivity index (χ2v) is 7.82. The molecule has 4 N–H and O–H groups in total. The summed E-state index contributed by atoms with van der Waals surface area (Å²) in [6, 6.07) is 14.1. The van der Waals surface area contributed by atoms with Gasteiger partial charge in [-0.3, -0.25) is 9.52 Å². The Balaban J connectivity index is 2.00. The van der Waals surface area contributed by atoms with E-state index in [0.29, 0.717) is 11.4 Å². The molecule has 0 heterocycles. The Morgan fingerprint density at radius 2 is 1.84 bits per heavy atom.